The maximum absolute atomic E-state index is 11.3. The van der Waals surface area contributed by atoms with E-state index in [4.69, 9.17) is 0 Å². The molecule has 0 amide bonds. The van der Waals surface area contributed by atoms with Gasteiger partial charge in [0.15, 0.2) is 0 Å². The lowest BCUT2D eigenvalue weighted by atomic mass is 10.1. The molecule has 2 rings (SSSR count). The zero-order chi connectivity index (χ0) is 10.1. The van der Waals surface area contributed by atoms with Crippen LogP contribution in [-0.2, 0) is 6.42 Å². The number of aromatic nitrogens is 1. The number of nitrogens with one attached hydrogen (secondary N) is 1. The summed E-state index contributed by atoms with van der Waals surface area (Å²) in [5, 5.41) is 1.16. The number of rotatable bonds is 1. The van der Waals surface area contributed by atoms with Gasteiger partial charge in [0.1, 0.15) is 0 Å². The summed E-state index contributed by atoms with van der Waals surface area (Å²) < 4.78 is 0. The smallest absolute Gasteiger partial charge is 0.248 e. The van der Waals surface area contributed by atoms with Crippen LogP contribution in [-0.4, -0.2) is 4.98 Å². The van der Waals surface area contributed by atoms with Crippen LogP contribution < -0.4 is 5.56 Å². The van der Waals surface area contributed by atoms with Crippen LogP contribution in [0.25, 0.3) is 10.9 Å². The van der Waals surface area contributed by atoms with Crippen molar-refractivity contribution in [2.45, 2.75) is 20.3 Å². The quantitative estimate of drug-likeness (QED) is 0.730. The van der Waals surface area contributed by atoms with Gasteiger partial charge in [-0.2, -0.15) is 0 Å². The molecule has 0 aliphatic rings. The molecule has 0 unspecified atom stereocenters. The van der Waals surface area contributed by atoms with Crippen molar-refractivity contribution in [2.24, 2.45) is 0 Å². The lowest BCUT2D eigenvalue weighted by Gasteiger charge is -2.04. The fourth-order valence-corrected chi connectivity index (χ4v) is 1.73. The van der Waals surface area contributed by atoms with Crippen molar-refractivity contribution in [1.29, 1.82) is 0 Å². The van der Waals surface area contributed by atoms with Gasteiger partial charge in [0.25, 0.3) is 0 Å². The molecule has 2 aromatic rings. The van der Waals surface area contributed by atoms with E-state index in [2.05, 4.69) is 24.9 Å². The summed E-state index contributed by atoms with van der Waals surface area (Å²) in [6.07, 6.45) is 0.893. The molecule has 1 aromatic carbocycles. The molecular formula is C12H13NO. The molecule has 1 heterocycles. The number of aromatic amines is 1. The Morgan fingerprint density at radius 1 is 1.29 bits per heavy atom. The van der Waals surface area contributed by atoms with Crippen molar-refractivity contribution in [1.82, 2.24) is 4.98 Å². The molecule has 2 heteroatoms. The Morgan fingerprint density at radius 2 is 2.07 bits per heavy atom. The van der Waals surface area contributed by atoms with Gasteiger partial charge < -0.3 is 4.98 Å². The molecule has 0 spiro atoms. The summed E-state index contributed by atoms with van der Waals surface area (Å²) in [6.45, 7) is 4.13. The second-order valence-corrected chi connectivity index (χ2v) is 3.56. The van der Waals surface area contributed by atoms with Crippen molar-refractivity contribution in [3.05, 3.63) is 45.7 Å². The summed E-state index contributed by atoms with van der Waals surface area (Å²) >= 11 is 0. The van der Waals surface area contributed by atoms with Crippen LogP contribution in [0.2, 0.25) is 0 Å². The van der Waals surface area contributed by atoms with E-state index >= 15 is 0 Å². The molecule has 14 heavy (non-hydrogen) atoms. The first-order valence-corrected chi connectivity index (χ1v) is 4.83. The van der Waals surface area contributed by atoms with Crippen LogP contribution in [0.15, 0.2) is 29.1 Å². The summed E-state index contributed by atoms with van der Waals surface area (Å²) in [4.78, 5) is 14.1. The second kappa shape index (κ2) is 3.29. The van der Waals surface area contributed by atoms with Gasteiger partial charge in [-0.3, -0.25) is 4.79 Å². The van der Waals surface area contributed by atoms with Gasteiger partial charge in [-0.1, -0.05) is 18.6 Å². The first-order valence-electron chi connectivity index (χ1n) is 4.83. The van der Waals surface area contributed by atoms with E-state index in [1.54, 1.807) is 6.07 Å². The maximum atomic E-state index is 11.3. The van der Waals surface area contributed by atoms with Gasteiger partial charge in [-0.05, 0) is 31.0 Å². The van der Waals surface area contributed by atoms with Crippen LogP contribution in [0.3, 0.4) is 0 Å². The predicted octanol–water partition coefficient (Wildman–Crippen LogP) is 2.40. The van der Waals surface area contributed by atoms with Gasteiger partial charge in [0, 0.05) is 17.0 Å². The molecule has 0 aliphatic carbocycles. The van der Waals surface area contributed by atoms with Gasteiger partial charge in [-0.15, -0.1) is 0 Å². The Morgan fingerprint density at radius 3 is 2.79 bits per heavy atom. The number of aryl methyl sites for hydroxylation is 2. The molecule has 1 N–H and O–H groups in total. The number of H-pyrrole nitrogens is 1. The highest BCUT2D eigenvalue weighted by Gasteiger charge is 2.01. The van der Waals surface area contributed by atoms with E-state index in [9.17, 15) is 4.79 Å². The van der Waals surface area contributed by atoms with E-state index in [1.165, 1.54) is 5.56 Å². The third-order valence-electron chi connectivity index (χ3n) is 2.47. The highest BCUT2D eigenvalue weighted by Crippen LogP contribution is 2.16. The van der Waals surface area contributed by atoms with Crippen molar-refractivity contribution in [3.8, 4) is 0 Å². The Hall–Kier alpha value is -1.57. The Bertz CT molecular complexity index is 525. The fraction of sp³-hybridized carbons (Fsp3) is 0.250. The van der Waals surface area contributed by atoms with Crippen LogP contribution in [0.4, 0.5) is 0 Å². The molecule has 0 aliphatic heterocycles. The molecule has 0 atom stereocenters. The van der Waals surface area contributed by atoms with Crippen molar-refractivity contribution < 1.29 is 0 Å². The minimum Gasteiger partial charge on any atom is -0.322 e. The summed E-state index contributed by atoms with van der Waals surface area (Å²) in [7, 11) is 0. The Labute approximate surface area is 82.6 Å². The normalized spacial score (nSPS) is 10.7. The molecule has 72 valence electrons. The van der Waals surface area contributed by atoms with Crippen molar-refractivity contribution in [2.75, 3.05) is 0 Å². The molecule has 0 saturated carbocycles. The van der Waals surface area contributed by atoms with E-state index in [0.29, 0.717) is 0 Å². The number of fused-ring (bicyclic) bond motifs is 1. The van der Waals surface area contributed by atoms with Gasteiger partial charge in [0.05, 0.1) is 0 Å². The monoisotopic (exact) mass is 187 g/mol. The molecule has 0 fully saturated rings. The Kier molecular flexibility index (Phi) is 2.12. The van der Waals surface area contributed by atoms with Crippen molar-refractivity contribution >= 4 is 10.9 Å². The number of pyridine rings is 1. The lowest BCUT2D eigenvalue weighted by Crippen LogP contribution is -2.06. The van der Waals surface area contributed by atoms with Crippen LogP contribution in [0.1, 0.15) is 18.1 Å². The SMILES string of the molecule is CCc1cc(=O)[nH]c2ccc(C)cc12. The standard InChI is InChI=1S/C12H13NO/c1-3-9-7-12(14)13-11-5-4-8(2)6-10(9)11/h4-7H,3H2,1-2H3,(H,13,14). The van der Waals surface area contributed by atoms with Crippen LogP contribution >= 0.6 is 0 Å². The molecular weight excluding hydrogens is 174 g/mol. The molecule has 2 nitrogen and oxygen atoms in total. The number of hydrogen-bond acceptors (Lipinski definition) is 1. The van der Waals surface area contributed by atoms with Crippen LogP contribution in [0, 0.1) is 6.92 Å². The van der Waals surface area contributed by atoms with E-state index in [1.807, 2.05) is 12.1 Å². The van der Waals surface area contributed by atoms with Gasteiger partial charge >= 0.3 is 0 Å². The average Bonchev–Trinajstić information content (AvgIpc) is 2.17. The Balaban J connectivity index is 2.88. The first-order chi connectivity index (χ1) is 6.70. The number of benzene rings is 1. The van der Waals surface area contributed by atoms with E-state index in [0.717, 1.165) is 22.9 Å². The summed E-state index contributed by atoms with van der Waals surface area (Å²) in [6, 6.07) is 7.77. The third-order valence-corrected chi connectivity index (χ3v) is 2.47. The number of hydrogen-bond donors (Lipinski definition) is 1. The minimum absolute atomic E-state index is 0.0156. The van der Waals surface area contributed by atoms with Gasteiger partial charge in [0.2, 0.25) is 5.56 Å². The first kappa shape index (κ1) is 9.00. The largest absolute Gasteiger partial charge is 0.322 e. The van der Waals surface area contributed by atoms with E-state index < -0.39 is 0 Å². The second-order valence-electron chi connectivity index (χ2n) is 3.56. The van der Waals surface area contributed by atoms with Crippen LogP contribution in [0.5, 0.6) is 0 Å². The third kappa shape index (κ3) is 1.43. The maximum Gasteiger partial charge on any atom is 0.248 e. The topological polar surface area (TPSA) is 32.9 Å². The summed E-state index contributed by atoms with van der Waals surface area (Å²) in [5.41, 5.74) is 3.25. The summed E-state index contributed by atoms with van der Waals surface area (Å²) in [5.74, 6) is 0. The zero-order valence-electron chi connectivity index (χ0n) is 8.42. The molecule has 1 aromatic heterocycles. The van der Waals surface area contributed by atoms with E-state index in [-0.39, 0.29) is 5.56 Å². The zero-order valence-corrected chi connectivity index (χ0v) is 8.42. The highest BCUT2D eigenvalue weighted by atomic mass is 16.1. The lowest BCUT2D eigenvalue weighted by molar-refractivity contribution is 1.13. The van der Waals surface area contributed by atoms with Crippen molar-refractivity contribution in [3.63, 3.8) is 0 Å². The molecule has 0 radical (unpaired) electrons. The predicted molar refractivity (Wildman–Crippen MR) is 58.7 cm³/mol. The average molecular weight is 187 g/mol. The fourth-order valence-electron chi connectivity index (χ4n) is 1.73. The minimum atomic E-state index is -0.0156. The highest BCUT2D eigenvalue weighted by molar-refractivity contribution is 5.82. The molecule has 0 saturated heterocycles. The van der Waals surface area contributed by atoms with Gasteiger partial charge in [-0.25, -0.2) is 0 Å². The molecule has 0 bridgehead atoms.